The van der Waals surface area contributed by atoms with Crippen LogP contribution in [0.1, 0.15) is 6.42 Å². The van der Waals surface area contributed by atoms with E-state index in [2.05, 4.69) is 10.2 Å². The number of carbonyl (C=O) groups is 1. The molecule has 9 heteroatoms. The number of fused-ring (bicyclic) bond motifs is 3. The number of nitrogens with zero attached hydrogens (tertiary/aromatic N) is 4. The zero-order valence-corrected chi connectivity index (χ0v) is 17.1. The van der Waals surface area contributed by atoms with Gasteiger partial charge in [0.15, 0.2) is 5.82 Å². The highest BCUT2D eigenvalue weighted by atomic mass is 19.1. The number of nitrogens with one attached hydrogen (secondary N) is 1. The molecule has 6 nitrogen and oxygen atoms in total. The van der Waals surface area contributed by atoms with Gasteiger partial charge in [-0.2, -0.15) is 0 Å². The maximum atomic E-state index is 13.9. The highest BCUT2D eigenvalue weighted by molar-refractivity contribution is 5.89. The lowest BCUT2D eigenvalue weighted by molar-refractivity contribution is 0.215. The molecule has 1 saturated heterocycles. The molecule has 1 aliphatic rings. The van der Waals surface area contributed by atoms with Crippen molar-refractivity contribution in [1.82, 2.24) is 14.3 Å². The van der Waals surface area contributed by atoms with Crippen LogP contribution in [0.15, 0.2) is 54.7 Å². The predicted molar refractivity (Wildman–Crippen MR) is 116 cm³/mol. The zero-order valence-electron chi connectivity index (χ0n) is 17.1. The summed E-state index contributed by atoms with van der Waals surface area (Å²) in [6.45, 7) is 1.97. The third kappa shape index (κ3) is 3.70. The summed E-state index contributed by atoms with van der Waals surface area (Å²) in [6.07, 6.45) is 2.57. The molecule has 5 rings (SSSR count). The molecular formula is C23H20F3N5O. The molecule has 0 unspecified atom stereocenters. The average molecular weight is 439 g/mol. The molecule has 2 aromatic heterocycles. The van der Waals surface area contributed by atoms with Gasteiger partial charge in [-0.25, -0.2) is 22.9 Å². The number of carbonyl (C=O) groups excluding carboxylic acids is 1. The normalized spacial score (nSPS) is 14.7. The van der Waals surface area contributed by atoms with E-state index >= 15 is 0 Å². The van der Waals surface area contributed by atoms with Crippen LogP contribution in [-0.2, 0) is 0 Å². The summed E-state index contributed by atoms with van der Waals surface area (Å²) < 4.78 is 43.1. The lowest BCUT2D eigenvalue weighted by Crippen LogP contribution is -2.38. The molecule has 0 saturated carbocycles. The van der Waals surface area contributed by atoms with Crippen molar-refractivity contribution in [3.63, 3.8) is 0 Å². The molecular weight excluding hydrogens is 419 g/mol. The van der Waals surface area contributed by atoms with E-state index in [1.165, 1.54) is 12.1 Å². The van der Waals surface area contributed by atoms with Crippen molar-refractivity contribution in [2.75, 3.05) is 36.4 Å². The molecule has 0 aliphatic carbocycles. The summed E-state index contributed by atoms with van der Waals surface area (Å²) in [5.41, 5.74) is 2.06. The Bertz CT molecular complexity index is 1320. The van der Waals surface area contributed by atoms with Gasteiger partial charge in [0, 0.05) is 44.5 Å². The SMILES string of the molecule is O=C(Nc1cc(F)ccc1F)N1CCCN(c2nc3cc(F)ccc3n3cccc23)CC1. The Labute approximate surface area is 181 Å². The fraction of sp³-hybridized carbons (Fsp3) is 0.217. The number of hydrogen-bond donors (Lipinski definition) is 1. The zero-order chi connectivity index (χ0) is 22.2. The van der Waals surface area contributed by atoms with Gasteiger partial charge in [-0.1, -0.05) is 0 Å². The smallest absolute Gasteiger partial charge is 0.321 e. The minimum absolute atomic E-state index is 0.191. The molecule has 0 spiro atoms. The van der Waals surface area contributed by atoms with Gasteiger partial charge in [-0.05, 0) is 42.8 Å². The number of rotatable bonds is 2. The number of aromatic nitrogens is 2. The van der Waals surface area contributed by atoms with Crippen molar-refractivity contribution >= 4 is 34.1 Å². The minimum atomic E-state index is -0.695. The van der Waals surface area contributed by atoms with E-state index in [-0.39, 0.29) is 11.5 Å². The molecule has 1 N–H and O–H groups in total. The first-order valence-corrected chi connectivity index (χ1v) is 10.3. The van der Waals surface area contributed by atoms with Gasteiger partial charge in [-0.3, -0.25) is 0 Å². The molecule has 2 amide bonds. The second-order valence-corrected chi connectivity index (χ2v) is 7.71. The van der Waals surface area contributed by atoms with Crippen LogP contribution in [0.5, 0.6) is 0 Å². The Morgan fingerprint density at radius 3 is 2.59 bits per heavy atom. The monoisotopic (exact) mass is 439 g/mol. The van der Waals surface area contributed by atoms with Crippen molar-refractivity contribution < 1.29 is 18.0 Å². The molecule has 3 heterocycles. The van der Waals surface area contributed by atoms with Gasteiger partial charge in [-0.15, -0.1) is 0 Å². The Morgan fingerprint density at radius 1 is 0.906 bits per heavy atom. The Balaban J connectivity index is 1.38. The second-order valence-electron chi connectivity index (χ2n) is 7.71. The quantitative estimate of drug-likeness (QED) is 0.495. The van der Waals surface area contributed by atoms with E-state index in [0.29, 0.717) is 43.9 Å². The molecule has 4 aromatic rings. The molecule has 1 fully saturated rings. The van der Waals surface area contributed by atoms with Crippen LogP contribution in [0.3, 0.4) is 0 Å². The minimum Gasteiger partial charge on any atom is -0.353 e. The van der Waals surface area contributed by atoms with E-state index in [1.807, 2.05) is 22.7 Å². The van der Waals surface area contributed by atoms with Crippen molar-refractivity contribution in [3.05, 3.63) is 72.2 Å². The summed E-state index contributed by atoms with van der Waals surface area (Å²) in [4.78, 5) is 21.0. The third-order valence-corrected chi connectivity index (χ3v) is 5.65. The van der Waals surface area contributed by atoms with Crippen LogP contribution in [0.25, 0.3) is 16.6 Å². The Morgan fingerprint density at radius 2 is 1.72 bits per heavy atom. The molecule has 164 valence electrons. The van der Waals surface area contributed by atoms with E-state index < -0.39 is 17.7 Å². The van der Waals surface area contributed by atoms with E-state index in [0.717, 1.165) is 29.2 Å². The van der Waals surface area contributed by atoms with Gasteiger partial charge < -0.3 is 19.5 Å². The standard InChI is InChI=1S/C23H20F3N5O/c24-15-4-6-17(26)18(13-15)28-23(32)30-9-2-8-29(11-12-30)22-21-3-1-10-31(21)20-7-5-16(25)14-19(20)27-22/h1,3-7,10,13-14H,2,8-9,11-12H2,(H,28,32). The Kier molecular flexibility index (Phi) is 5.08. The van der Waals surface area contributed by atoms with Gasteiger partial charge in [0.2, 0.25) is 0 Å². The number of benzene rings is 2. The van der Waals surface area contributed by atoms with Crippen molar-refractivity contribution in [3.8, 4) is 0 Å². The van der Waals surface area contributed by atoms with Crippen LogP contribution >= 0.6 is 0 Å². The van der Waals surface area contributed by atoms with Crippen LogP contribution in [0, 0.1) is 17.5 Å². The number of halogens is 3. The van der Waals surface area contributed by atoms with Gasteiger partial charge in [0.05, 0.1) is 22.2 Å². The van der Waals surface area contributed by atoms with Crippen molar-refractivity contribution in [1.29, 1.82) is 0 Å². The molecule has 32 heavy (non-hydrogen) atoms. The van der Waals surface area contributed by atoms with Crippen LogP contribution in [-0.4, -0.2) is 46.5 Å². The maximum absolute atomic E-state index is 13.9. The summed E-state index contributed by atoms with van der Waals surface area (Å²) in [5, 5.41) is 2.45. The van der Waals surface area contributed by atoms with Crippen LogP contribution < -0.4 is 10.2 Å². The first kappa shape index (κ1) is 20.2. The number of anilines is 2. The predicted octanol–water partition coefficient (Wildman–Crippen LogP) is 4.65. The average Bonchev–Trinajstić information content (AvgIpc) is 3.13. The second kappa shape index (κ2) is 8.07. The van der Waals surface area contributed by atoms with Crippen LogP contribution in [0.2, 0.25) is 0 Å². The molecule has 0 radical (unpaired) electrons. The highest BCUT2D eigenvalue weighted by Crippen LogP contribution is 2.27. The lowest BCUT2D eigenvalue weighted by atomic mass is 10.2. The van der Waals surface area contributed by atoms with Crippen molar-refractivity contribution in [2.45, 2.75) is 6.42 Å². The Hall–Kier alpha value is -3.75. The molecule has 0 atom stereocenters. The van der Waals surface area contributed by atoms with Crippen molar-refractivity contribution in [2.24, 2.45) is 0 Å². The van der Waals surface area contributed by atoms with E-state index in [4.69, 9.17) is 4.98 Å². The maximum Gasteiger partial charge on any atom is 0.321 e. The summed E-state index contributed by atoms with van der Waals surface area (Å²) >= 11 is 0. The summed E-state index contributed by atoms with van der Waals surface area (Å²) in [7, 11) is 0. The number of hydrogen-bond acceptors (Lipinski definition) is 3. The van der Waals surface area contributed by atoms with Gasteiger partial charge in [0.25, 0.3) is 0 Å². The van der Waals surface area contributed by atoms with E-state index in [1.54, 1.807) is 11.0 Å². The first-order chi connectivity index (χ1) is 15.5. The first-order valence-electron chi connectivity index (χ1n) is 10.3. The van der Waals surface area contributed by atoms with E-state index in [9.17, 15) is 18.0 Å². The van der Waals surface area contributed by atoms with Gasteiger partial charge in [0.1, 0.15) is 17.5 Å². The largest absolute Gasteiger partial charge is 0.353 e. The number of amides is 2. The summed E-state index contributed by atoms with van der Waals surface area (Å²) in [6, 6.07) is 10.8. The topological polar surface area (TPSA) is 52.9 Å². The lowest BCUT2D eigenvalue weighted by Gasteiger charge is -2.24. The highest BCUT2D eigenvalue weighted by Gasteiger charge is 2.23. The fourth-order valence-electron chi connectivity index (χ4n) is 4.09. The fourth-order valence-corrected chi connectivity index (χ4v) is 4.09. The van der Waals surface area contributed by atoms with Crippen LogP contribution in [0.4, 0.5) is 29.5 Å². The number of urea groups is 1. The third-order valence-electron chi connectivity index (χ3n) is 5.65. The molecule has 2 aromatic carbocycles. The molecule has 0 bridgehead atoms. The molecule has 1 aliphatic heterocycles. The summed E-state index contributed by atoms with van der Waals surface area (Å²) in [5.74, 6) is -0.963. The van der Waals surface area contributed by atoms with Gasteiger partial charge >= 0.3 is 6.03 Å².